The summed E-state index contributed by atoms with van der Waals surface area (Å²) < 4.78 is 5.42. The molecule has 0 fully saturated rings. The standard InChI is InChI=1S/C14H17NOS/c1-4-5-11-9-17-14(15-11)12-7-6-10(2)8-13(12)16-3/h6-9H,4-5H2,1-3H3. The number of nitrogens with zero attached hydrogens (tertiary/aromatic N) is 1. The molecule has 3 heteroatoms. The molecule has 2 aromatic rings. The van der Waals surface area contributed by atoms with Crippen LogP contribution < -0.4 is 4.74 Å². The van der Waals surface area contributed by atoms with Crippen molar-refractivity contribution in [3.05, 3.63) is 34.8 Å². The van der Waals surface area contributed by atoms with Gasteiger partial charge in [-0.3, -0.25) is 0 Å². The summed E-state index contributed by atoms with van der Waals surface area (Å²) in [6, 6.07) is 6.23. The Balaban J connectivity index is 2.37. The van der Waals surface area contributed by atoms with Crippen LogP contribution >= 0.6 is 11.3 Å². The van der Waals surface area contributed by atoms with Gasteiger partial charge in [-0.15, -0.1) is 11.3 Å². The summed E-state index contributed by atoms with van der Waals surface area (Å²) >= 11 is 1.69. The van der Waals surface area contributed by atoms with Crippen LogP contribution in [0.25, 0.3) is 10.6 Å². The second-order valence-electron chi connectivity index (χ2n) is 4.10. The molecule has 0 unspecified atom stereocenters. The first-order valence-electron chi connectivity index (χ1n) is 5.84. The molecular formula is C14H17NOS. The van der Waals surface area contributed by atoms with E-state index in [1.165, 1.54) is 11.3 Å². The zero-order chi connectivity index (χ0) is 12.3. The summed E-state index contributed by atoms with van der Waals surface area (Å²) in [4.78, 5) is 4.65. The van der Waals surface area contributed by atoms with Crippen molar-refractivity contribution in [1.29, 1.82) is 0 Å². The van der Waals surface area contributed by atoms with Gasteiger partial charge in [-0.25, -0.2) is 4.98 Å². The van der Waals surface area contributed by atoms with Crippen molar-refractivity contribution < 1.29 is 4.74 Å². The van der Waals surface area contributed by atoms with Gasteiger partial charge in [0.2, 0.25) is 0 Å². The monoisotopic (exact) mass is 247 g/mol. The molecule has 0 N–H and O–H groups in total. The number of hydrogen-bond donors (Lipinski definition) is 0. The van der Waals surface area contributed by atoms with E-state index in [4.69, 9.17) is 4.74 Å². The Bertz CT molecular complexity index is 505. The normalized spacial score (nSPS) is 10.5. The molecule has 2 nitrogen and oxygen atoms in total. The Hall–Kier alpha value is -1.35. The van der Waals surface area contributed by atoms with Crippen molar-refractivity contribution in [3.63, 3.8) is 0 Å². The molecule has 0 bridgehead atoms. The molecule has 17 heavy (non-hydrogen) atoms. The Kier molecular flexibility index (Phi) is 3.79. The van der Waals surface area contributed by atoms with Crippen LogP contribution in [0.5, 0.6) is 5.75 Å². The summed E-state index contributed by atoms with van der Waals surface area (Å²) in [5.41, 5.74) is 3.47. The van der Waals surface area contributed by atoms with Crippen molar-refractivity contribution in [2.75, 3.05) is 7.11 Å². The van der Waals surface area contributed by atoms with Crippen LogP contribution in [-0.2, 0) is 6.42 Å². The van der Waals surface area contributed by atoms with Crippen molar-refractivity contribution in [2.45, 2.75) is 26.7 Å². The molecule has 0 saturated carbocycles. The largest absolute Gasteiger partial charge is 0.496 e. The van der Waals surface area contributed by atoms with E-state index in [2.05, 4.69) is 42.4 Å². The van der Waals surface area contributed by atoms with Crippen molar-refractivity contribution in [2.24, 2.45) is 0 Å². The molecule has 90 valence electrons. The summed E-state index contributed by atoms with van der Waals surface area (Å²) in [6.45, 7) is 4.24. The third-order valence-corrected chi connectivity index (χ3v) is 3.57. The average Bonchev–Trinajstić information content (AvgIpc) is 2.78. The zero-order valence-electron chi connectivity index (χ0n) is 10.5. The van der Waals surface area contributed by atoms with Crippen molar-refractivity contribution in [3.8, 4) is 16.3 Å². The van der Waals surface area contributed by atoms with Gasteiger partial charge in [0.25, 0.3) is 0 Å². The molecule has 0 atom stereocenters. The molecule has 2 rings (SSSR count). The minimum atomic E-state index is 0.905. The van der Waals surface area contributed by atoms with E-state index in [0.717, 1.165) is 29.2 Å². The fourth-order valence-electron chi connectivity index (χ4n) is 1.78. The molecule has 0 aliphatic carbocycles. The summed E-state index contributed by atoms with van der Waals surface area (Å²) in [5, 5.41) is 3.18. The Morgan fingerprint density at radius 3 is 2.88 bits per heavy atom. The lowest BCUT2D eigenvalue weighted by Gasteiger charge is -2.06. The molecule has 1 heterocycles. The predicted octanol–water partition coefficient (Wildman–Crippen LogP) is 4.08. The molecule has 0 spiro atoms. The number of aromatic nitrogens is 1. The lowest BCUT2D eigenvalue weighted by atomic mass is 10.1. The number of thiazole rings is 1. The third-order valence-electron chi connectivity index (χ3n) is 2.65. The van der Waals surface area contributed by atoms with Gasteiger partial charge in [0, 0.05) is 5.38 Å². The number of benzene rings is 1. The highest BCUT2D eigenvalue weighted by molar-refractivity contribution is 7.13. The van der Waals surface area contributed by atoms with E-state index in [1.54, 1.807) is 18.4 Å². The summed E-state index contributed by atoms with van der Waals surface area (Å²) in [7, 11) is 1.71. The summed E-state index contributed by atoms with van der Waals surface area (Å²) in [6.07, 6.45) is 2.18. The van der Waals surface area contributed by atoms with Gasteiger partial charge in [-0.05, 0) is 31.0 Å². The number of hydrogen-bond acceptors (Lipinski definition) is 3. The first kappa shape index (κ1) is 12.1. The molecule has 0 aliphatic heterocycles. The topological polar surface area (TPSA) is 22.1 Å². The molecule has 1 aromatic heterocycles. The van der Waals surface area contributed by atoms with E-state index in [9.17, 15) is 0 Å². The number of ether oxygens (including phenoxy) is 1. The van der Waals surface area contributed by atoms with Crippen LogP contribution in [0.2, 0.25) is 0 Å². The Labute approximate surface area is 106 Å². The molecule has 0 amide bonds. The molecule has 0 radical (unpaired) electrons. The first-order chi connectivity index (χ1) is 8.24. The van der Waals surface area contributed by atoms with E-state index >= 15 is 0 Å². The van der Waals surface area contributed by atoms with E-state index in [0.29, 0.717) is 0 Å². The highest BCUT2D eigenvalue weighted by Crippen LogP contribution is 2.33. The molecule has 1 aromatic carbocycles. The fourth-order valence-corrected chi connectivity index (χ4v) is 2.66. The highest BCUT2D eigenvalue weighted by atomic mass is 32.1. The third kappa shape index (κ3) is 2.67. The Morgan fingerprint density at radius 2 is 2.18 bits per heavy atom. The minimum absolute atomic E-state index is 0.905. The quantitative estimate of drug-likeness (QED) is 0.812. The maximum atomic E-state index is 5.42. The second kappa shape index (κ2) is 5.32. The smallest absolute Gasteiger partial charge is 0.129 e. The average molecular weight is 247 g/mol. The number of aryl methyl sites for hydroxylation is 2. The van der Waals surface area contributed by atoms with Gasteiger partial charge >= 0.3 is 0 Å². The molecule has 0 saturated heterocycles. The highest BCUT2D eigenvalue weighted by Gasteiger charge is 2.10. The van der Waals surface area contributed by atoms with E-state index in [1.807, 2.05) is 0 Å². The van der Waals surface area contributed by atoms with Gasteiger partial charge in [0.15, 0.2) is 0 Å². The van der Waals surface area contributed by atoms with E-state index in [-0.39, 0.29) is 0 Å². The summed E-state index contributed by atoms with van der Waals surface area (Å²) in [5.74, 6) is 0.905. The van der Waals surface area contributed by atoms with Crippen LogP contribution in [0.3, 0.4) is 0 Å². The lowest BCUT2D eigenvalue weighted by Crippen LogP contribution is -1.89. The van der Waals surface area contributed by atoms with Gasteiger partial charge in [-0.1, -0.05) is 19.4 Å². The van der Waals surface area contributed by atoms with E-state index < -0.39 is 0 Å². The van der Waals surface area contributed by atoms with Gasteiger partial charge in [0.05, 0.1) is 18.4 Å². The maximum Gasteiger partial charge on any atom is 0.129 e. The molecule has 0 aliphatic rings. The predicted molar refractivity (Wildman–Crippen MR) is 72.8 cm³/mol. The first-order valence-corrected chi connectivity index (χ1v) is 6.72. The maximum absolute atomic E-state index is 5.42. The zero-order valence-corrected chi connectivity index (χ0v) is 11.3. The van der Waals surface area contributed by atoms with Crippen LogP contribution in [0.4, 0.5) is 0 Å². The minimum Gasteiger partial charge on any atom is -0.496 e. The van der Waals surface area contributed by atoms with Crippen molar-refractivity contribution >= 4 is 11.3 Å². The van der Waals surface area contributed by atoms with Crippen LogP contribution in [0, 0.1) is 6.92 Å². The molecular weight excluding hydrogens is 230 g/mol. The SMILES string of the molecule is CCCc1csc(-c2ccc(C)cc2OC)n1. The van der Waals surface area contributed by atoms with Gasteiger partial charge in [0.1, 0.15) is 10.8 Å². The number of methoxy groups -OCH3 is 1. The van der Waals surface area contributed by atoms with Crippen LogP contribution in [0.15, 0.2) is 23.6 Å². The number of rotatable bonds is 4. The van der Waals surface area contributed by atoms with Crippen LogP contribution in [-0.4, -0.2) is 12.1 Å². The fraction of sp³-hybridized carbons (Fsp3) is 0.357. The van der Waals surface area contributed by atoms with Crippen LogP contribution in [0.1, 0.15) is 24.6 Å². The van der Waals surface area contributed by atoms with Crippen molar-refractivity contribution in [1.82, 2.24) is 4.98 Å². The lowest BCUT2D eigenvalue weighted by molar-refractivity contribution is 0.416. The second-order valence-corrected chi connectivity index (χ2v) is 4.96. The Morgan fingerprint density at radius 1 is 1.35 bits per heavy atom. The van der Waals surface area contributed by atoms with Gasteiger partial charge in [-0.2, -0.15) is 0 Å². The van der Waals surface area contributed by atoms with Gasteiger partial charge < -0.3 is 4.74 Å².